The number of nitrogens with zero attached hydrogens (tertiary/aromatic N) is 4. The number of ether oxygens (including phenoxy) is 3. The molecule has 3 aromatic rings. The molecule has 0 aliphatic carbocycles. The van der Waals surface area contributed by atoms with Gasteiger partial charge in [-0.05, 0) is 37.6 Å². The highest BCUT2D eigenvalue weighted by atomic mass is 16.5. The minimum atomic E-state index is -0.338. The van der Waals surface area contributed by atoms with Gasteiger partial charge in [0.2, 0.25) is 0 Å². The van der Waals surface area contributed by atoms with Crippen LogP contribution in [0.25, 0.3) is 5.65 Å². The van der Waals surface area contributed by atoms with Crippen molar-refractivity contribution in [3.63, 3.8) is 0 Å². The molecule has 0 unspecified atom stereocenters. The Morgan fingerprint density at radius 2 is 1.97 bits per heavy atom. The molecule has 160 valence electrons. The molecule has 1 aliphatic rings. The molecule has 1 N–H and O–H groups in total. The quantitative estimate of drug-likeness (QED) is 0.665. The average Bonchev–Trinajstić information content (AvgIpc) is 3.15. The van der Waals surface area contributed by atoms with Crippen LogP contribution in [-0.4, -0.2) is 64.7 Å². The van der Waals surface area contributed by atoms with Crippen molar-refractivity contribution >= 4 is 5.65 Å². The number of methoxy groups -OCH3 is 2. The third kappa shape index (κ3) is 3.74. The Kier molecular flexibility index (Phi) is 5.90. The number of aliphatic hydroxyl groups is 1. The van der Waals surface area contributed by atoms with Crippen molar-refractivity contribution < 1.29 is 19.3 Å². The molecule has 0 spiro atoms. The number of benzene rings is 1. The number of aromatic nitrogens is 3. The van der Waals surface area contributed by atoms with E-state index >= 15 is 0 Å². The zero-order valence-corrected chi connectivity index (χ0v) is 17.8. The predicted molar refractivity (Wildman–Crippen MR) is 112 cm³/mol. The first-order chi connectivity index (χ1) is 14.5. The van der Waals surface area contributed by atoms with E-state index in [1.165, 1.54) is 0 Å². The number of fused-ring (bicyclic) bond motifs is 1. The number of aliphatic hydroxyl groups excluding tert-OH is 1. The Balaban J connectivity index is 1.71. The first-order valence-corrected chi connectivity index (χ1v) is 10.0. The molecule has 3 heterocycles. The average molecular weight is 412 g/mol. The highest BCUT2D eigenvalue weighted by Gasteiger charge is 2.34. The first-order valence-electron chi connectivity index (χ1n) is 10.0. The van der Waals surface area contributed by atoms with Gasteiger partial charge in [-0.1, -0.05) is 6.07 Å². The summed E-state index contributed by atoms with van der Waals surface area (Å²) in [6.07, 6.45) is 1.54. The topological polar surface area (TPSA) is 81.4 Å². The van der Waals surface area contributed by atoms with Gasteiger partial charge in [-0.15, -0.1) is 0 Å². The van der Waals surface area contributed by atoms with Crippen molar-refractivity contribution in [3.05, 3.63) is 53.0 Å². The van der Waals surface area contributed by atoms with E-state index in [-0.39, 0.29) is 18.8 Å². The molecular formula is C22H28N4O4. The highest BCUT2D eigenvalue weighted by Crippen LogP contribution is 2.36. The van der Waals surface area contributed by atoms with Crippen molar-refractivity contribution in [1.29, 1.82) is 0 Å². The summed E-state index contributed by atoms with van der Waals surface area (Å²) in [5.74, 6) is 1.32. The number of hydrogen-bond acceptors (Lipinski definition) is 7. The Labute approximate surface area is 176 Å². The van der Waals surface area contributed by atoms with Crippen LogP contribution in [0.4, 0.5) is 0 Å². The van der Waals surface area contributed by atoms with Crippen molar-refractivity contribution in [2.24, 2.45) is 0 Å². The lowest BCUT2D eigenvalue weighted by molar-refractivity contribution is -0.0960. The molecule has 4 rings (SSSR count). The first kappa shape index (κ1) is 20.6. The van der Waals surface area contributed by atoms with Gasteiger partial charge in [-0.25, -0.2) is 9.50 Å². The fourth-order valence-corrected chi connectivity index (χ4v) is 4.23. The van der Waals surface area contributed by atoms with Crippen LogP contribution in [-0.2, 0) is 11.3 Å². The zero-order chi connectivity index (χ0) is 21.3. The van der Waals surface area contributed by atoms with E-state index in [0.717, 1.165) is 34.7 Å². The maximum Gasteiger partial charge on any atom is 0.161 e. The monoisotopic (exact) mass is 412 g/mol. The van der Waals surface area contributed by atoms with Crippen LogP contribution < -0.4 is 9.47 Å². The summed E-state index contributed by atoms with van der Waals surface area (Å²) >= 11 is 0. The van der Waals surface area contributed by atoms with Gasteiger partial charge >= 0.3 is 0 Å². The summed E-state index contributed by atoms with van der Waals surface area (Å²) in [5, 5.41) is 14.5. The summed E-state index contributed by atoms with van der Waals surface area (Å²) < 4.78 is 18.6. The molecule has 8 nitrogen and oxygen atoms in total. The second-order valence-electron chi connectivity index (χ2n) is 7.57. The van der Waals surface area contributed by atoms with Gasteiger partial charge in [0.05, 0.1) is 39.7 Å². The standard InChI is InChI=1S/C22H28N4O4/c1-14-9-15(2)26-22(24-14)17(11-23-26)12-25-7-8-30-20(13-27)21(25)16-5-6-18(28-3)19(10-16)29-4/h5-6,9-11,20-21,27H,7-8,12-13H2,1-4H3/t20-,21-/m1/s1. The van der Waals surface area contributed by atoms with E-state index in [9.17, 15) is 5.11 Å². The SMILES string of the molecule is COc1ccc([C@@H]2[C@@H](CO)OCCN2Cc2cnn3c(C)cc(C)nc23)cc1OC. The maximum atomic E-state index is 10.0. The molecule has 0 radical (unpaired) electrons. The Morgan fingerprint density at radius 3 is 2.70 bits per heavy atom. The van der Waals surface area contributed by atoms with Gasteiger partial charge in [0.25, 0.3) is 0 Å². The Hall–Kier alpha value is -2.68. The van der Waals surface area contributed by atoms with Crippen LogP contribution in [0.1, 0.15) is 28.6 Å². The fraction of sp³-hybridized carbons (Fsp3) is 0.455. The molecule has 0 bridgehead atoms. The van der Waals surface area contributed by atoms with Crippen molar-refractivity contribution in [3.8, 4) is 11.5 Å². The van der Waals surface area contributed by atoms with Crippen LogP contribution in [0.15, 0.2) is 30.5 Å². The predicted octanol–water partition coefficient (Wildman–Crippen LogP) is 2.30. The second kappa shape index (κ2) is 8.59. The number of morpholine rings is 1. The third-order valence-corrected chi connectivity index (χ3v) is 5.61. The maximum absolute atomic E-state index is 10.0. The summed E-state index contributed by atoms with van der Waals surface area (Å²) in [6, 6.07) is 7.73. The lowest BCUT2D eigenvalue weighted by atomic mass is 9.97. The number of rotatable bonds is 6. The zero-order valence-electron chi connectivity index (χ0n) is 17.8. The van der Waals surface area contributed by atoms with Gasteiger partial charge in [-0.2, -0.15) is 5.10 Å². The van der Waals surface area contributed by atoms with Gasteiger partial charge < -0.3 is 19.3 Å². The molecule has 2 aromatic heterocycles. The van der Waals surface area contributed by atoms with Crippen LogP contribution in [0, 0.1) is 13.8 Å². The lowest BCUT2D eigenvalue weighted by Crippen LogP contribution is -2.46. The molecule has 1 aromatic carbocycles. The summed E-state index contributed by atoms with van der Waals surface area (Å²) in [4.78, 5) is 7.01. The lowest BCUT2D eigenvalue weighted by Gasteiger charge is -2.41. The minimum absolute atomic E-state index is 0.0687. The molecule has 1 fully saturated rings. The minimum Gasteiger partial charge on any atom is -0.493 e. The van der Waals surface area contributed by atoms with Crippen molar-refractivity contribution in [2.75, 3.05) is 34.0 Å². The number of aryl methyl sites for hydroxylation is 2. The molecule has 1 aliphatic heterocycles. The summed E-state index contributed by atoms with van der Waals surface area (Å²) in [6.45, 7) is 5.89. The Bertz CT molecular complexity index is 1040. The van der Waals surface area contributed by atoms with Crippen LogP contribution in [0.3, 0.4) is 0 Å². The van der Waals surface area contributed by atoms with Gasteiger partial charge in [0.1, 0.15) is 6.10 Å². The largest absolute Gasteiger partial charge is 0.493 e. The molecule has 30 heavy (non-hydrogen) atoms. The normalized spacial score (nSPS) is 19.9. The third-order valence-electron chi connectivity index (χ3n) is 5.61. The molecule has 2 atom stereocenters. The van der Waals surface area contributed by atoms with Gasteiger partial charge in [0, 0.05) is 30.0 Å². The summed E-state index contributed by atoms with van der Waals surface area (Å²) in [7, 11) is 3.24. The molecule has 1 saturated heterocycles. The second-order valence-corrected chi connectivity index (χ2v) is 7.57. The summed E-state index contributed by atoms with van der Waals surface area (Å²) in [5.41, 5.74) is 4.93. The van der Waals surface area contributed by atoms with Crippen molar-refractivity contribution in [1.82, 2.24) is 19.5 Å². The van der Waals surface area contributed by atoms with Crippen LogP contribution in [0.5, 0.6) is 11.5 Å². The Morgan fingerprint density at radius 1 is 1.17 bits per heavy atom. The van der Waals surface area contributed by atoms with E-state index < -0.39 is 0 Å². The van der Waals surface area contributed by atoms with Crippen LogP contribution >= 0.6 is 0 Å². The smallest absolute Gasteiger partial charge is 0.161 e. The van der Waals surface area contributed by atoms with Gasteiger partial charge in [0.15, 0.2) is 17.1 Å². The molecule has 8 heteroatoms. The van der Waals surface area contributed by atoms with E-state index in [2.05, 4.69) is 10.00 Å². The molecule has 0 amide bonds. The molecular weight excluding hydrogens is 384 g/mol. The van der Waals surface area contributed by atoms with E-state index in [1.54, 1.807) is 14.2 Å². The fourth-order valence-electron chi connectivity index (χ4n) is 4.23. The van der Waals surface area contributed by atoms with E-state index in [4.69, 9.17) is 19.2 Å². The van der Waals surface area contributed by atoms with E-state index in [0.29, 0.717) is 24.7 Å². The van der Waals surface area contributed by atoms with Crippen LogP contribution in [0.2, 0.25) is 0 Å². The van der Waals surface area contributed by atoms with E-state index in [1.807, 2.05) is 48.8 Å². The number of hydrogen-bond donors (Lipinski definition) is 1. The van der Waals surface area contributed by atoms with Gasteiger partial charge in [-0.3, -0.25) is 4.90 Å². The molecule has 0 saturated carbocycles. The van der Waals surface area contributed by atoms with Crippen molar-refractivity contribution in [2.45, 2.75) is 32.5 Å². The highest BCUT2D eigenvalue weighted by molar-refractivity contribution is 5.48.